The number of carbonyl (C=O) groups is 1. The van der Waals surface area contributed by atoms with Gasteiger partial charge in [-0.2, -0.15) is 13.2 Å². The van der Waals surface area contributed by atoms with Gasteiger partial charge in [-0.1, -0.05) is 6.92 Å². The first kappa shape index (κ1) is 15.9. The molecule has 0 N–H and O–H groups in total. The van der Waals surface area contributed by atoms with Gasteiger partial charge in [-0.25, -0.2) is 4.39 Å². The van der Waals surface area contributed by atoms with Gasteiger partial charge < -0.3 is 4.90 Å². The van der Waals surface area contributed by atoms with Crippen molar-refractivity contribution in [1.82, 2.24) is 4.90 Å². The van der Waals surface area contributed by atoms with Gasteiger partial charge in [-0.15, -0.1) is 0 Å². The number of hydrogen-bond acceptors (Lipinski definition) is 2. The van der Waals surface area contributed by atoms with Gasteiger partial charge >= 0.3 is 6.18 Å². The summed E-state index contributed by atoms with van der Waals surface area (Å²) in [5.41, 5.74) is -1.31. The van der Waals surface area contributed by atoms with E-state index in [9.17, 15) is 22.4 Å². The van der Waals surface area contributed by atoms with E-state index in [-0.39, 0.29) is 11.5 Å². The van der Waals surface area contributed by atoms with Gasteiger partial charge in [0.2, 0.25) is 0 Å². The van der Waals surface area contributed by atoms with Crippen molar-refractivity contribution in [1.29, 1.82) is 0 Å². The van der Waals surface area contributed by atoms with Crippen molar-refractivity contribution in [3.8, 4) is 0 Å². The lowest BCUT2D eigenvalue weighted by atomic mass is 9.88. The third-order valence-electron chi connectivity index (χ3n) is 3.97. The Hall–Kier alpha value is -1.43. The molecule has 21 heavy (non-hydrogen) atoms. The summed E-state index contributed by atoms with van der Waals surface area (Å²) in [6.07, 6.45) is -3.37. The van der Waals surface area contributed by atoms with Crippen molar-refractivity contribution in [2.24, 2.45) is 5.92 Å². The Kier molecular flexibility index (Phi) is 4.66. The standard InChI is InChI=1S/C15H17F4NO/c1-2-20-7-5-10(6-8-20)14(21)12-4-3-11(9-13(12)16)15(17,18)19/h3-4,9-10H,2,5-8H2,1H3. The Morgan fingerprint density at radius 2 is 1.90 bits per heavy atom. The van der Waals surface area contributed by atoms with E-state index in [1.807, 2.05) is 6.92 Å². The third kappa shape index (κ3) is 3.61. The van der Waals surface area contributed by atoms with Crippen molar-refractivity contribution in [3.63, 3.8) is 0 Å². The molecule has 0 amide bonds. The summed E-state index contributed by atoms with van der Waals surface area (Å²) in [4.78, 5) is 14.4. The summed E-state index contributed by atoms with van der Waals surface area (Å²) < 4.78 is 51.2. The van der Waals surface area contributed by atoms with Crippen LogP contribution < -0.4 is 0 Å². The molecule has 0 unspecified atom stereocenters. The third-order valence-corrected chi connectivity index (χ3v) is 3.97. The average molecular weight is 303 g/mol. The van der Waals surface area contributed by atoms with Gasteiger partial charge in [0.15, 0.2) is 5.78 Å². The molecule has 1 fully saturated rings. The molecule has 6 heteroatoms. The number of halogens is 4. The van der Waals surface area contributed by atoms with Crippen LogP contribution >= 0.6 is 0 Å². The van der Waals surface area contributed by atoms with Gasteiger partial charge in [0, 0.05) is 5.92 Å². The molecule has 1 aliphatic heterocycles. The number of Topliss-reactive ketones (excluding diaryl/α,β-unsaturated/α-hetero) is 1. The van der Waals surface area contributed by atoms with E-state index in [4.69, 9.17) is 0 Å². The fourth-order valence-corrected chi connectivity index (χ4v) is 2.62. The van der Waals surface area contributed by atoms with E-state index in [1.165, 1.54) is 0 Å². The smallest absolute Gasteiger partial charge is 0.304 e. The molecule has 0 bridgehead atoms. The summed E-state index contributed by atoms with van der Waals surface area (Å²) in [5.74, 6) is -1.79. The zero-order valence-electron chi connectivity index (χ0n) is 11.7. The molecule has 1 aromatic carbocycles. The maximum Gasteiger partial charge on any atom is 0.416 e. The number of nitrogens with zero attached hydrogens (tertiary/aromatic N) is 1. The molecular weight excluding hydrogens is 286 g/mol. The highest BCUT2D eigenvalue weighted by Gasteiger charge is 2.33. The zero-order chi connectivity index (χ0) is 15.6. The molecule has 2 rings (SSSR count). The molecule has 1 heterocycles. The molecule has 0 aliphatic carbocycles. The van der Waals surface area contributed by atoms with Gasteiger partial charge in [-0.3, -0.25) is 4.79 Å². The predicted octanol–water partition coefficient (Wildman–Crippen LogP) is 3.76. The van der Waals surface area contributed by atoms with E-state index in [0.29, 0.717) is 18.9 Å². The lowest BCUT2D eigenvalue weighted by molar-refractivity contribution is -0.137. The van der Waals surface area contributed by atoms with Crippen LogP contribution in [0, 0.1) is 11.7 Å². The maximum absolute atomic E-state index is 13.8. The minimum atomic E-state index is -4.60. The first-order valence-corrected chi connectivity index (χ1v) is 6.96. The minimum absolute atomic E-state index is 0.238. The van der Waals surface area contributed by atoms with Crippen LogP contribution in [-0.4, -0.2) is 30.3 Å². The number of likely N-dealkylation sites (tertiary alicyclic amines) is 1. The van der Waals surface area contributed by atoms with Crippen LogP contribution in [0.4, 0.5) is 17.6 Å². The van der Waals surface area contributed by atoms with Crippen LogP contribution in [0.25, 0.3) is 0 Å². The van der Waals surface area contributed by atoms with Crippen molar-refractivity contribution in [3.05, 3.63) is 35.1 Å². The number of carbonyl (C=O) groups excluding carboxylic acids is 1. The summed E-state index contributed by atoms with van der Waals surface area (Å²) in [6.45, 7) is 4.44. The number of rotatable bonds is 3. The highest BCUT2D eigenvalue weighted by molar-refractivity contribution is 5.98. The topological polar surface area (TPSA) is 20.3 Å². The lowest BCUT2D eigenvalue weighted by Crippen LogP contribution is -2.36. The van der Waals surface area contributed by atoms with E-state index in [2.05, 4.69) is 4.90 Å². The van der Waals surface area contributed by atoms with E-state index in [0.717, 1.165) is 31.8 Å². The number of alkyl halides is 3. The highest BCUT2D eigenvalue weighted by Crippen LogP contribution is 2.31. The first-order chi connectivity index (χ1) is 9.82. The van der Waals surface area contributed by atoms with Crippen molar-refractivity contribution in [2.45, 2.75) is 25.9 Å². The van der Waals surface area contributed by atoms with Crippen LogP contribution in [0.2, 0.25) is 0 Å². The van der Waals surface area contributed by atoms with Crippen molar-refractivity contribution < 1.29 is 22.4 Å². The molecule has 0 aromatic heterocycles. The molecular formula is C15H17F4NO. The molecule has 1 saturated heterocycles. The van der Waals surface area contributed by atoms with Gasteiger partial charge in [0.05, 0.1) is 11.1 Å². The van der Waals surface area contributed by atoms with Gasteiger partial charge in [-0.05, 0) is 50.7 Å². The Balaban J connectivity index is 2.13. The lowest BCUT2D eigenvalue weighted by Gasteiger charge is -2.30. The highest BCUT2D eigenvalue weighted by atomic mass is 19.4. The van der Waals surface area contributed by atoms with E-state index < -0.39 is 23.3 Å². The largest absolute Gasteiger partial charge is 0.416 e. The summed E-state index contributed by atoms with van der Waals surface area (Å²) in [6, 6.07) is 2.11. The summed E-state index contributed by atoms with van der Waals surface area (Å²) in [5, 5.41) is 0. The Morgan fingerprint density at radius 1 is 1.29 bits per heavy atom. The average Bonchev–Trinajstić information content (AvgIpc) is 2.45. The monoisotopic (exact) mass is 303 g/mol. The maximum atomic E-state index is 13.8. The van der Waals surface area contributed by atoms with Crippen molar-refractivity contribution in [2.75, 3.05) is 19.6 Å². The number of hydrogen-bond donors (Lipinski definition) is 0. The quantitative estimate of drug-likeness (QED) is 0.626. The second-order valence-corrected chi connectivity index (χ2v) is 5.27. The molecule has 0 spiro atoms. The Labute approximate surface area is 120 Å². The molecule has 0 saturated carbocycles. The van der Waals surface area contributed by atoms with Gasteiger partial charge in [0.1, 0.15) is 5.82 Å². The summed E-state index contributed by atoms with van der Waals surface area (Å²) in [7, 11) is 0. The predicted molar refractivity (Wildman–Crippen MR) is 70.6 cm³/mol. The molecule has 2 nitrogen and oxygen atoms in total. The number of piperidine rings is 1. The Bertz CT molecular complexity index is 519. The zero-order valence-corrected chi connectivity index (χ0v) is 11.7. The van der Waals surface area contributed by atoms with Crippen LogP contribution in [0.15, 0.2) is 18.2 Å². The fourth-order valence-electron chi connectivity index (χ4n) is 2.62. The molecule has 1 aliphatic rings. The molecule has 116 valence electrons. The minimum Gasteiger partial charge on any atom is -0.304 e. The normalized spacial score (nSPS) is 18.0. The van der Waals surface area contributed by atoms with Crippen LogP contribution in [0.5, 0.6) is 0 Å². The second-order valence-electron chi connectivity index (χ2n) is 5.27. The SMILES string of the molecule is CCN1CCC(C(=O)c2ccc(C(F)(F)F)cc2F)CC1. The first-order valence-electron chi connectivity index (χ1n) is 6.96. The second kappa shape index (κ2) is 6.13. The van der Waals surface area contributed by atoms with Crippen LogP contribution in [-0.2, 0) is 6.18 Å². The molecule has 0 atom stereocenters. The Morgan fingerprint density at radius 3 is 2.38 bits per heavy atom. The van der Waals surface area contributed by atoms with E-state index >= 15 is 0 Å². The van der Waals surface area contributed by atoms with Crippen LogP contribution in [0.3, 0.4) is 0 Å². The number of ketones is 1. The number of benzene rings is 1. The summed E-state index contributed by atoms with van der Waals surface area (Å²) >= 11 is 0. The van der Waals surface area contributed by atoms with Crippen molar-refractivity contribution >= 4 is 5.78 Å². The fraction of sp³-hybridized carbons (Fsp3) is 0.533. The van der Waals surface area contributed by atoms with Gasteiger partial charge in [0.25, 0.3) is 0 Å². The van der Waals surface area contributed by atoms with Crippen LogP contribution in [0.1, 0.15) is 35.7 Å². The van der Waals surface area contributed by atoms with E-state index in [1.54, 1.807) is 0 Å². The molecule has 1 aromatic rings. The molecule has 0 radical (unpaired) electrons.